The Hall–Kier alpha value is -0.930. The summed E-state index contributed by atoms with van der Waals surface area (Å²) in [4.78, 5) is 6.79. The Bertz CT molecular complexity index is 372. The third-order valence-electron chi connectivity index (χ3n) is 4.00. The van der Waals surface area contributed by atoms with Crippen LogP contribution >= 0.6 is 0 Å². The van der Waals surface area contributed by atoms with Gasteiger partial charge in [-0.15, -0.1) is 0 Å². The molecule has 2 heterocycles. The maximum atomic E-state index is 4.20. The molecule has 2 fully saturated rings. The van der Waals surface area contributed by atoms with E-state index in [-0.39, 0.29) is 0 Å². The lowest BCUT2D eigenvalue weighted by Gasteiger charge is -2.24. The van der Waals surface area contributed by atoms with Crippen molar-refractivity contribution in [1.29, 1.82) is 0 Å². The molecule has 1 N–H and O–H groups in total. The summed E-state index contributed by atoms with van der Waals surface area (Å²) in [5.74, 6) is 0. The van der Waals surface area contributed by atoms with Crippen LogP contribution in [0.15, 0.2) is 24.5 Å². The normalized spacial score (nSPS) is 27.9. The second kappa shape index (κ2) is 4.39. The SMILES string of the molecule is CC1CN(Cc2cccnc2)CC2(CC2)CN1. The molecule has 1 saturated carbocycles. The summed E-state index contributed by atoms with van der Waals surface area (Å²) in [7, 11) is 0. The molecule has 1 atom stereocenters. The van der Waals surface area contributed by atoms with Crippen molar-refractivity contribution < 1.29 is 0 Å². The number of nitrogens with zero attached hydrogens (tertiary/aromatic N) is 2. The predicted octanol–water partition coefficient (Wildman–Crippen LogP) is 1.66. The zero-order valence-electron chi connectivity index (χ0n) is 10.5. The Morgan fingerprint density at radius 1 is 1.53 bits per heavy atom. The van der Waals surface area contributed by atoms with Gasteiger partial charge in [-0.05, 0) is 36.8 Å². The largest absolute Gasteiger partial charge is 0.312 e. The minimum atomic E-state index is 0.590. The van der Waals surface area contributed by atoms with Crippen LogP contribution in [0.3, 0.4) is 0 Å². The molecule has 0 bridgehead atoms. The molecule has 0 radical (unpaired) electrons. The van der Waals surface area contributed by atoms with Crippen LogP contribution in [0.5, 0.6) is 0 Å². The molecule has 3 heteroatoms. The summed E-state index contributed by atoms with van der Waals surface area (Å²) in [6, 6.07) is 4.81. The number of rotatable bonds is 2. The molecule has 2 aliphatic rings. The summed E-state index contributed by atoms with van der Waals surface area (Å²) < 4.78 is 0. The minimum absolute atomic E-state index is 0.590. The van der Waals surface area contributed by atoms with Crippen molar-refractivity contribution in [2.45, 2.75) is 32.4 Å². The van der Waals surface area contributed by atoms with Crippen LogP contribution in [0.4, 0.5) is 0 Å². The van der Waals surface area contributed by atoms with Crippen molar-refractivity contribution in [2.24, 2.45) is 5.41 Å². The average molecular weight is 231 g/mol. The highest BCUT2D eigenvalue weighted by molar-refractivity contribution is 5.09. The molecule has 92 valence electrons. The summed E-state index contributed by atoms with van der Waals surface area (Å²) in [5.41, 5.74) is 1.92. The van der Waals surface area contributed by atoms with E-state index in [0.29, 0.717) is 11.5 Å². The molecule has 1 unspecified atom stereocenters. The first-order valence-corrected chi connectivity index (χ1v) is 6.60. The van der Waals surface area contributed by atoms with Gasteiger partial charge in [0.15, 0.2) is 0 Å². The quantitative estimate of drug-likeness (QED) is 0.839. The van der Waals surface area contributed by atoms with Crippen LogP contribution in [-0.2, 0) is 6.54 Å². The fraction of sp³-hybridized carbons (Fsp3) is 0.643. The summed E-state index contributed by atoms with van der Waals surface area (Å²) in [6.45, 7) is 6.94. The lowest BCUT2D eigenvalue weighted by Crippen LogP contribution is -2.34. The number of nitrogens with one attached hydrogen (secondary N) is 1. The Morgan fingerprint density at radius 3 is 3.12 bits per heavy atom. The van der Waals surface area contributed by atoms with Gasteiger partial charge >= 0.3 is 0 Å². The van der Waals surface area contributed by atoms with Crippen LogP contribution in [0.25, 0.3) is 0 Å². The molecule has 3 rings (SSSR count). The van der Waals surface area contributed by atoms with Gasteiger partial charge in [0.05, 0.1) is 0 Å². The molecule has 17 heavy (non-hydrogen) atoms. The number of pyridine rings is 1. The standard InChI is InChI=1S/C14H21N3/c1-12-8-17(9-13-3-2-6-15-7-13)11-14(4-5-14)10-16-12/h2-3,6-7,12,16H,4-5,8-11H2,1H3. The van der Waals surface area contributed by atoms with Gasteiger partial charge in [-0.3, -0.25) is 9.88 Å². The van der Waals surface area contributed by atoms with E-state index in [4.69, 9.17) is 0 Å². The van der Waals surface area contributed by atoms with Gasteiger partial charge in [-0.25, -0.2) is 0 Å². The topological polar surface area (TPSA) is 28.2 Å². The number of hydrogen-bond donors (Lipinski definition) is 1. The number of hydrogen-bond acceptors (Lipinski definition) is 3. The lowest BCUT2D eigenvalue weighted by molar-refractivity contribution is 0.230. The molecule has 1 aromatic rings. The van der Waals surface area contributed by atoms with Crippen molar-refractivity contribution in [2.75, 3.05) is 19.6 Å². The van der Waals surface area contributed by atoms with Crippen molar-refractivity contribution in [1.82, 2.24) is 15.2 Å². The Kier molecular flexibility index (Phi) is 2.89. The Balaban J connectivity index is 1.68. The highest BCUT2D eigenvalue weighted by Crippen LogP contribution is 2.46. The van der Waals surface area contributed by atoms with E-state index in [1.165, 1.54) is 31.5 Å². The summed E-state index contributed by atoms with van der Waals surface area (Å²) in [5, 5.41) is 3.66. The molecular formula is C14H21N3. The molecule has 0 aromatic carbocycles. The first-order valence-electron chi connectivity index (χ1n) is 6.60. The maximum Gasteiger partial charge on any atom is 0.0312 e. The first-order chi connectivity index (χ1) is 8.26. The molecule has 1 aliphatic carbocycles. The van der Waals surface area contributed by atoms with Crippen molar-refractivity contribution in [3.8, 4) is 0 Å². The monoisotopic (exact) mass is 231 g/mol. The smallest absolute Gasteiger partial charge is 0.0312 e. The minimum Gasteiger partial charge on any atom is -0.312 e. The lowest BCUT2D eigenvalue weighted by atomic mass is 10.1. The highest BCUT2D eigenvalue weighted by atomic mass is 15.2. The molecule has 1 aromatic heterocycles. The van der Waals surface area contributed by atoms with Gasteiger partial charge < -0.3 is 5.32 Å². The van der Waals surface area contributed by atoms with E-state index in [2.05, 4.69) is 28.2 Å². The van der Waals surface area contributed by atoms with Crippen molar-refractivity contribution in [3.05, 3.63) is 30.1 Å². The first kappa shape index (κ1) is 11.2. The zero-order chi connectivity index (χ0) is 11.7. The van der Waals surface area contributed by atoms with Crippen LogP contribution in [0.1, 0.15) is 25.3 Å². The van der Waals surface area contributed by atoms with E-state index >= 15 is 0 Å². The predicted molar refractivity (Wildman–Crippen MR) is 68.6 cm³/mol. The molecule has 1 spiro atoms. The van der Waals surface area contributed by atoms with E-state index in [0.717, 1.165) is 13.1 Å². The van der Waals surface area contributed by atoms with Crippen LogP contribution in [0, 0.1) is 5.41 Å². The van der Waals surface area contributed by atoms with Gasteiger partial charge in [0.2, 0.25) is 0 Å². The third-order valence-corrected chi connectivity index (χ3v) is 4.00. The Morgan fingerprint density at radius 2 is 2.41 bits per heavy atom. The third kappa shape index (κ3) is 2.67. The Labute approximate surface area is 103 Å². The van der Waals surface area contributed by atoms with Gasteiger partial charge in [-0.2, -0.15) is 0 Å². The average Bonchev–Trinajstić information content (AvgIpc) is 3.10. The second-order valence-electron chi connectivity index (χ2n) is 5.81. The van der Waals surface area contributed by atoms with Crippen molar-refractivity contribution >= 4 is 0 Å². The van der Waals surface area contributed by atoms with E-state index in [1.54, 1.807) is 0 Å². The number of aromatic nitrogens is 1. The zero-order valence-corrected chi connectivity index (χ0v) is 10.5. The van der Waals surface area contributed by atoms with Gasteiger partial charge in [0.25, 0.3) is 0 Å². The summed E-state index contributed by atoms with van der Waals surface area (Å²) >= 11 is 0. The van der Waals surface area contributed by atoms with Crippen LogP contribution < -0.4 is 5.32 Å². The van der Waals surface area contributed by atoms with Crippen LogP contribution in [0.2, 0.25) is 0 Å². The van der Waals surface area contributed by atoms with Gasteiger partial charge in [0.1, 0.15) is 0 Å². The molecule has 0 amide bonds. The van der Waals surface area contributed by atoms with Crippen molar-refractivity contribution in [3.63, 3.8) is 0 Å². The van der Waals surface area contributed by atoms with Gasteiger partial charge in [0, 0.05) is 44.6 Å². The molecule has 1 saturated heterocycles. The van der Waals surface area contributed by atoms with E-state index in [9.17, 15) is 0 Å². The second-order valence-corrected chi connectivity index (χ2v) is 5.81. The van der Waals surface area contributed by atoms with E-state index < -0.39 is 0 Å². The highest BCUT2D eigenvalue weighted by Gasteiger charge is 2.45. The fourth-order valence-corrected chi connectivity index (χ4v) is 2.82. The van der Waals surface area contributed by atoms with Crippen LogP contribution in [-0.4, -0.2) is 35.6 Å². The summed E-state index contributed by atoms with van der Waals surface area (Å²) in [6.07, 6.45) is 6.63. The maximum absolute atomic E-state index is 4.20. The molecule has 1 aliphatic heterocycles. The molecular weight excluding hydrogens is 210 g/mol. The fourth-order valence-electron chi connectivity index (χ4n) is 2.82. The van der Waals surface area contributed by atoms with E-state index in [1.807, 2.05) is 18.5 Å². The molecule has 3 nitrogen and oxygen atoms in total. The van der Waals surface area contributed by atoms with Gasteiger partial charge in [-0.1, -0.05) is 6.07 Å².